The highest BCUT2D eigenvalue weighted by atomic mass is 19.1. The number of halogens is 1. The lowest BCUT2D eigenvalue weighted by molar-refractivity contribution is 0.0992. The maximum Gasteiger partial charge on any atom is 0.216 e. The molecule has 0 spiro atoms. The van der Waals surface area contributed by atoms with E-state index in [1.54, 1.807) is 6.07 Å². The van der Waals surface area contributed by atoms with Gasteiger partial charge in [0.1, 0.15) is 12.1 Å². The lowest BCUT2D eigenvalue weighted by Crippen LogP contribution is -2.05. The van der Waals surface area contributed by atoms with E-state index in [0.29, 0.717) is 17.1 Å². The Kier molecular flexibility index (Phi) is 3.62. The van der Waals surface area contributed by atoms with Crippen LogP contribution in [0.5, 0.6) is 5.88 Å². The summed E-state index contributed by atoms with van der Waals surface area (Å²) in [5, 5.41) is 0. The summed E-state index contributed by atoms with van der Waals surface area (Å²) in [6.45, 7) is 0. The third-order valence-corrected chi connectivity index (χ3v) is 2.42. The van der Waals surface area contributed by atoms with Gasteiger partial charge in [-0.1, -0.05) is 0 Å². The zero-order valence-electron chi connectivity index (χ0n) is 9.76. The highest BCUT2D eigenvalue weighted by molar-refractivity contribution is 5.97. The van der Waals surface area contributed by atoms with Gasteiger partial charge < -0.3 is 4.74 Å². The molecule has 1 aromatic heterocycles. The van der Waals surface area contributed by atoms with Gasteiger partial charge in [-0.15, -0.1) is 0 Å². The smallest absolute Gasteiger partial charge is 0.216 e. The molecule has 0 N–H and O–H groups in total. The molecule has 2 aromatic rings. The largest absolute Gasteiger partial charge is 0.481 e. The average molecular weight is 246 g/mol. The van der Waals surface area contributed by atoms with Gasteiger partial charge in [0.2, 0.25) is 5.88 Å². The standard InChI is InChI=1S/C13H11FN2O2/c1-18-13-7-11(15-8-16-13)6-12(17)9-2-4-10(14)5-3-9/h2-5,7-8H,6H2,1H3. The summed E-state index contributed by atoms with van der Waals surface area (Å²) in [6.07, 6.45) is 1.47. The molecule has 0 fully saturated rings. The van der Waals surface area contributed by atoms with Gasteiger partial charge in [-0.3, -0.25) is 4.79 Å². The van der Waals surface area contributed by atoms with Gasteiger partial charge in [0.25, 0.3) is 0 Å². The maximum atomic E-state index is 12.7. The Morgan fingerprint density at radius 3 is 2.67 bits per heavy atom. The summed E-state index contributed by atoms with van der Waals surface area (Å²) in [4.78, 5) is 19.7. The monoisotopic (exact) mass is 246 g/mol. The first-order valence-corrected chi connectivity index (χ1v) is 5.32. The summed E-state index contributed by atoms with van der Waals surface area (Å²) in [5.41, 5.74) is 1.02. The van der Waals surface area contributed by atoms with Gasteiger partial charge >= 0.3 is 0 Å². The Morgan fingerprint density at radius 1 is 1.28 bits per heavy atom. The van der Waals surface area contributed by atoms with Gasteiger partial charge in [0, 0.05) is 11.6 Å². The van der Waals surface area contributed by atoms with Crippen molar-refractivity contribution in [1.29, 1.82) is 0 Å². The zero-order chi connectivity index (χ0) is 13.0. The van der Waals surface area contributed by atoms with E-state index in [1.807, 2.05) is 0 Å². The number of aromatic nitrogens is 2. The van der Waals surface area contributed by atoms with E-state index < -0.39 is 0 Å². The molecule has 0 saturated heterocycles. The van der Waals surface area contributed by atoms with Crippen LogP contribution in [0, 0.1) is 5.82 Å². The molecule has 0 atom stereocenters. The molecule has 1 heterocycles. The lowest BCUT2D eigenvalue weighted by atomic mass is 10.1. The Morgan fingerprint density at radius 2 is 2.00 bits per heavy atom. The first kappa shape index (κ1) is 12.2. The molecule has 2 rings (SSSR count). The van der Waals surface area contributed by atoms with Crippen molar-refractivity contribution >= 4 is 5.78 Å². The van der Waals surface area contributed by atoms with Crippen LogP contribution in [-0.2, 0) is 6.42 Å². The van der Waals surface area contributed by atoms with Crippen LogP contribution in [0.25, 0.3) is 0 Å². The second kappa shape index (κ2) is 5.35. The molecule has 0 amide bonds. The Balaban J connectivity index is 2.13. The SMILES string of the molecule is COc1cc(CC(=O)c2ccc(F)cc2)ncn1. The highest BCUT2D eigenvalue weighted by Crippen LogP contribution is 2.10. The number of carbonyl (C=O) groups is 1. The highest BCUT2D eigenvalue weighted by Gasteiger charge is 2.09. The number of nitrogens with zero attached hydrogens (tertiary/aromatic N) is 2. The number of carbonyl (C=O) groups excluding carboxylic acids is 1. The number of hydrogen-bond donors (Lipinski definition) is 0. The Bertz CT molecular complexity index is 555. The minimum atomic E-state index is -0.366. The van der Waals surface area contributed by atoms with Crippen LogP contribution in [0.2, 0.25) is 0 Å². The molecule has 0 radical (unpaired) electrons. The summed E-state index contributed by atoms with van der Waals surface area (Å²) < 4.78 is 17.7. The number of methoxy groups -OCH3 is 1. The summed E-state index contributed by atoms with van der Waals surface area (Å²) >= 11 is 0. The predicted molar refractivity (Wildman–Crippen MR) is 63.0 cm³/mol. The van der Waals surface area contributed by atoms with Crippen molar-refractivity contribution < 1.29 is 13.9 Å². The number of Topliss-reactive ketones (excluding diaryl/α,β-unsaturated/α-hetero) is 1. The van der Waals surface area contributed by atoms with Crippen LogP contribution in [0.4, 0.5) is 4.39 Å². The van der Waals surface area contributed by atoms with Crippen LogP contribution in [0.3, 0.4) is 0 Å². The molecule has 5 heteroatoms. The van der Waals surface area contributed by atoms with Gasteiger partial charge in [-0.2, -0.15) is 0 Å². The van der Waals surface area contributed by atoms with Crippen LogP contribution in [-0.4, -0.2) is 22.9 Å². The van der Waals surface area contributed by atoms with Crippen LogP contribution >= 0.6 is 0 Å². The number of hydrogen-bond acceptors (Lipinski definition) is 4. The molecular weight excluding hydrogens is 235 g/mol. The summed E-state index contributed by atoms with van der Waals surface area (Å²) in [7, 11) is 1.49. The van der Waals surface area contributed by atoms with Crippen LogP contribution < -0.4 is 4.74 Å². The molecule has 92 valence electrons. The van der Waals surface area contributed by atoms with Crippen molar-refractivity contribution in [3.8, 4) is 5.88 Å². The topological polar surface area (TPSA) is 52.1 Å². The van der Waals surface area contributed by atoms with Gasteiger partial charge in [0.05, 0.1) is 19.2 Å². The van der Waals surface area contributed by atoms with E-state index in [1.165, 1.54) is 37.7 Å². The van der Waals surface area contributed by atoms with Crippen molar-refractivity contribution in [2.45, 2.75) is 6.42 Å². The van der Waals surface area contributed by atoms with Crippen molar-refractivity contribution in [2.24, 2.45) is 0 Å². The normalized spacial score (nSPS) is 10.1. The summed E-state index contributed by atoms with van der Waals surface area (Å²) in [5.74, 6) is -0.0853. The number of benzene rings is 1. The molecule has 0 aliphatic heterocycles. The maximum absolute atomic E-state index is 12.7. The van der Waals surface area contributed by atoms with Crippen molar-refractivity contribution in [1.82, 2.24) is 9.97 Å². The second-order valence-corrected chi connectivity index (χ2v) is 3.66. The molecule has 0 saturated carbocycles. The van der Waals surface area contributed by atoms with Crippen LogP contribution in [0.15, 0.2) is 36.7 Å². The summed E-state index contributed by atoms with van der Waals surface area (Å²) in [6, 6.07) is 7.02. The molecular formula is C13H11FN2O2. The van der Waals surface area contributed by atoms with Crippen molar-refractivity contribution in [2.75, 3.05) is 7.11 Å². The van der Waals surface area contributed by atoms with E-state index in [9.17, 15) is 9.18 Å². The van der Waals surface area contributed by atoms with Gasteiger partial charge in [0.15, 0.2) is 5.78 Å². The van der Waals surface area contributed by atoms with E-state index >= 15 is 0 Å². The fourth-order valence-electron chi connectivity index (χ4n) is 1.49. The molecule has 0 aliphatic rings. The van der Waals surface area contributed by atoms with Gasteiger partial charge in [-0.05, 0) is 24.3 Å². The number of rotatable bonds is 4. The zero-order valence-corrected chi connectivity index (χ0v) is 9.76. The molecule has 18 heavy (non-hydrogen) atoms. The third kappa shape index (κ3) is 2.88. The molecule has 0 unspecified atom stereocenters. The van der Waals surface area contributed by atoms with Gasteiger partial charge in [-0.25, -0.2) is 14.4 Å². The van der Waals surface area contributed by atoms with Crippen molar-refractivity contribution in [3.63, 3.8) is 0 Å². The number of ether oxygens (including phenoxy) is 1. The quantitative estimate of drug-likeness (QED) is 0.775. The lowest BCUT2D eigenvalue weighted by Gasteiger charge is -2.02. The van der Waals surface area contributed by atoms with E-state index in [4.69, 9.17) is 4.74 Å². The number of ketones is 1. The Hall–Kier alpha value is -2.30. The third-order valence-electron chi connectivity index (χ3n) is 2.42. The average Bonchev–Trinajstić information content (AvgIpc) is 2.39. The Labute approximate surface area is 103 Å². The van der Waals surface area contributed by atoms with E-state index in [-0.39, 0.29) is 18.0 Å². The fraction of sp³-hybridized carbons (Fsp3) is 0.154. The molecule has 1 aromatic carbocycles. The van der Waals surface area contributed by atoms with E-state index in [2.05, 4.69) is 9.97 Å². The minimum Gasteiger partial charge on any atom is -0.481 e. The van der Waals surface area contributed by atoms with E-state index in [0.717, 1.165) is 0 Å². The second-order valence-electron chi connectivity index (χ2n) is 3.66. The first-order chi connectivity index (χ1) is 8.69. The van der Waals surface area contributed by atoms with Crippen molar-refractivity contribution in [3.05, 3.63) is 53.7 Å². The predicted octanol–water partition coefficient (Wildman–Crippen LogP) is 2.05. The minimum absolute atomic E-state index is 0.129. The first-order valence-electron chi connectivity index (χ1n) is 5.32. The molecule has 4 nitrogen and oxygen atoms in total. The fourth-order valence-corrected chi connectivity index (χ4v) is 1.49. The van der Waals surface area contributed by atoms with Crippen LogP contribution in [0.1, 0.15) is 16.1 Å². The molecule has 0 bridgehead atoms. The molecule has 0 aliphatic carbocycles.